The Kier molecular flexibility index (Phi) is 5.16. The fraction of sp³-hybridized carbons (Fsp3) is 0.571. The average molecular weight is 282 g/mol. The smallest absolute Gasteiger partial charge is 0.251 e. The lowest BCUT2D eigenvalue weighted by molar-refractivity contribution is 0.0952. The van der Waals surface area contributed by atoms with Crippen LogP contribution in [-0.2, 0) is 0 Å². The molecule has 0 radical (unpaired) electrons. The van der Waals surface area contributed by atoms with Crippen LogP contribution in [0.15, 0.2) is 12.1 Å². The number of likely N-dealkylation sites (tertiary alicyclic amines) is 1. The van der Waals surface area contributed by atoms with Crippen molar-refractivity contribution in [1.29, 1.82) is 0 Å². The van der Waals surface area contributed by atoms with Crippen LogP contribution in [-0.4, -0.2) is 42.0 Å². The summed E-state index contributed by atoms with van der Waals surface area (Å²) >= 11 is 5.84. The van der Waals surface area contributed by atoms with Crippen molar-refractivity contribution in [2.24, 2.45) is 0 Å². The van der Waals surface area contributed by atoms with Crippen molar-refractivity contribution in [2.45, 2.75) is 26.2 Å². The van der Waals surface area contributed by atoms with Crippen LogP contribution < -0.4 is 5.32 Å². The molecule has 1 amide bonds. The molecular weight excluding hydrogens is 262 g/mol. The largest absolute Gasteiger partial charge is 0.352 e. The first kappa shape index (κ1) is 14.3. The highest BCUT2D eigenvalue weighted by molar-refractivity contribution is 6.29. The fourth-order valence-corrected chi connectivity index (χ4v) is 2.62. The third kappa shape index (κ3) is 4.48. The molecule has 1 saturated heterocycles. The van der Waals surface area contributed by atoms with Crippen LogP contribution in [0.3, 0.4) is 0 Å². The van der Waals surface area contributed by atoms with Gasteiger partial charge in [-0.1, -0.05) is 11.6 Å². The number of aryl methyl sites for hydroxylation is 1. The Morgan fingerprint density at radius 1 is 1.42 bits per heavy atom. The van der Waals surface area contributed by atoms with E-state index >= 15 is 0 Å². The van der Waals surface area contributed by atoms with Gasteiger partial charge in [-0.3, -0.25) is 4.79 Å². The second kappa shape index (κ2) is 6.87. The number of hydrogen-bond donors (Lipinski definition) is 1. The van der Waals surface area contributed by atoms with Gasteiger partial charge in [-0.15, -0.1) is 0 Å². The zero-order valence-electron chi connectivity index (χ0n) is 11.3. The molecule has 5 heteroatoms. The van der Waals surface area contributed by atoms with Crippen LogP contribution in [0.4, 0.5) is 0 Å². The Bertz CT molecular complexity index is 424. The molecule has 1 aliphatic heterocycles. The summed E-state index contributed by atoms with van der Waals surface area (Å²) in [6.45, 7) is 6.00. The van der Waals surface area contributed by atoms with Crippen molar-refractivity contribution < 1.29 is 4.79 Å². The number of aromatic nitrogens is 1. The maximum absolute atomic E-state index is 11.9. The molecular formula is C14H20ClN3O. The minimum absolute atomic E-state index is 0.0752. The van der Waals surface area contributed by atoms with Crippen LogP contribution in [0, 0.1) is 6.92 Å². The Labute approximate surface area is 119 Å². The van der Waals surface area contributed by atoms with E-state index in [4.69, 9.17) is 11.6 Å². The standard InChI is InChI=1S/C14H20ClN3O/c1-11-9-12(10-13(15)17-11)14(19)16-5-4-8-18-6-2-3-7-18/h9-10H,2-8H2,1H3,(H,16,19). The first-order valence-electron chi connectivity index (χ1n) is 6.80. The molecule has 1 aromatic heterocycles. The molecule has 1 aliphatic rings. The van der Waals surface area contributed by atoms with Gasteiger partial charge in [0.25, 0.3) is 5.91 Å². The number of amides is 1. The first-order valence-corrected chi connectivity index (χ1v) is 7.18. The monoisotopic (exact) mass is 281 g/mol. The summed E-state index contributed by atoms with van der Waals surface area (Å²) in [5, 5.41) is 3.29. The van der Waals surface area contributed by atoms with E-state index in [0.29, 0.717) is 17.3 Å². The van der Waals surface area contributed by atoms with E-state index in [1.807, 2.05) is 6.92 Å². The van der Waals surface area contributed by atoms with E-state index < -0.39 is 0 Å². The van der Waals surface area contributed by atoms with Gasteiger partial charge in [-0.2, -0.15) is 0 Å². The Morgan fingerprint density at radius 3 is 2.84 bits per heavy atom. The Balaban J connectivity index is 1.74. The highest BCUT2D eigenvalue weighted by Crippen LogP contribution is 2.10. The summed E-state index contributed by atoms with van der Waals surface area (Å²) in [6, 6.07) is 3.35. The van der Waals surface area contributed by atoms with Gasteiger partial charge in [-0.05, 0) is 58.0 Å². The lowest BCUT2D eigenvalue weighted by atomic mass is 10.2. The number of pyridine rings is 1. The van der Waals surface area contributed by atoms with E-state index in [-0.39, 0.29) is 5.91 Å². The molecule has 0 aromatic carbocycles. The molecule has 1 aromatic rings. The molecule has 0 atom stereocenters. The predicted molar refractivity (Wildman–Crippen MR) is 76.6 cm³/mol. The molecule has 2 heterocycles. The minimum atomic E-state index is -0.0752. The van der Waals surface area contributed by atoms with Crippen LogP contribution in [0.25, 0.3) is 0 Å². The molecule has 1 N–H and O–H groups in total. The van der Waals surface area contributed by atoms with Crippen molar-refractivity contribution in [1.82, 2.24) is 15.2 Å². The topological polar surface area (TPSA) is 45.2 Å². The number of halogens is 1. The van der Waals surface area contributed by atoms with E-state index in [2.05, 4.69) is 15.2 Å². The fourth-order valence-electron chi connectivity index (χ4n) is 2.37. The average Bonchev–Trinajstić information content (AvgIpc) is 2.86. The van der Waals surface area contributed by atoms with Gasteiger partial charge in [0.15, 0.2) is 0 Å². The second-order valence-electron chi connectivity index (χ2n) is 4.98. The van der Waals surface area contributed by atoms with Crippen molar-refractivity contribution in [3.63, 3.8) is 0 Å². The minimum Gasteiger partial charge on any atom is -0.352 e. The number of carbonyl (C=O) groups excluding carboxylic acids is 1. The zero-order chi connectivity index (χ0) is 13.7. The summed E-state index contributed by atoms with van der Waals surface area (Å²) in [5.74, 6) is -0.0752. The van der Waals surface area contributed by atoms with E-state index in [1.54, 1.807) is 12.1 Å². The van der Waals surface area contributed by atoms with Crippen molar-refractivity contribution in [3.8, 4) is 0 Å². The maximum Gasteiger partial charge on any atom is 0.251 e. The van der Waals surface area contributed by atoms with Crippen LogP contribution in [0.5, 0.6) is 0 Å². The number of nitrogens with one attached hydrogen (secondary N) is 1. The highest BCUT2D eigenvalue weighted by atomic mass is 35.5. The van der Waals surface area contributed by atoms with Gasteiger partial charge in [0.1, 0.15) is 5.15 Å². The second-order valence-corrected chi connectivity index (χ2v) is 5.37. The van der Waals surface area contributed by atoms with E-state index in [9.17, 15) is 4.79 Å². The molecule has 4 nitrogen and oxygen atoms in total. The lowest BCUT2D eigenvalue weighted by Gasteiger charge is -2.14. The summed E-state index contributed by atoms with van der Waals surface area (Å²) in [6.07, 6.45) is 3.60. The Morgan fingerprint density at radius 2 is 2.16 bits per heavy atom. The number of hydrogen-bond acceptors (Lipinski definition) is 3. The van der Waals surface area contributed by atoms with E-state index in [0.717, 1.165) is 18.7 Å². The molecule has 0 saturated carbocycles. The molecule has 19 heavy (non-hydrogen) atoms. The molecule has 104 valence electrons. The molecule has 0 aliphatic carbocycles. The molecule has 2 rings (SSSR count). The zero-order valence-corrected chi connectivity index (χ0v) is 12.0. The van der Waals surface area contributed by atoms with Gasteiger partial charge in [0.2, 0.25) is 0 Å². The van der Waals surface area contributed by atoms with Crippen molar-refractivity contribution in [2.75, 3.05) is 26.2 Å². The third-order valence-corrected chi connectivity index (χ3v) is 3.51. The van der Waals surface area contributed by atoms with Crippen LogP contribution in [0.1, 0.15) is 35.3 Å². The lowest BCUT2D eigenvalue weighted by Crippen LogP contribution is -2.28. The number of carbonyl (C=O) groups is 1. The van der Waals surface area contributed by atoms with Crippen LogP contribution in [0.2, 0.25) is 5.15 Å². The summed E-state index contributed by atoms with van der Waals surface area (Å²) in [7, 11) is 0. The van der Waals surface area contributed by atoms with Crippen LogP contribution >= 0.6 is 11.6 Å². The summed E-state index contributed by atoms with van der Waals surface area (Å²) < 4.78 is 0. The quantitative estimate of drug-likeness (QED) is 0.665. The van der Waals surface area contributed by atoms with E-state index in [1.165, 1.54) is 25.9 Å². The highest BCUT2D eigenvalue weighted by Gasteiger charge is 2.11. The predicted octanol–water partition coefficient (Wildman–Crippen LogP) is 2.26. The molecule has 0 unspecified atom stereocenters. The number of rotatable bonds is 5. The van der Waals surface area contributed by atoms with Gasteiger partial charge in [-0.25, -0.2) is 4.98 Å². The number of nitrogens with zero attached hydrogens (tertiary/aromatic N) is 2. The van der Waals surface area contributed by atoms with Gasteiger partial charge in [0.05, 0.1) is 0 Å². The normalized spacial score (nSPS) is 15.7. The molecule has 0 spiro atoms. The van der Waals surface area contributed by atoms with Gasteiger partial charge in [0, 0.05) is 17.8 Å². The van der Waals surface area contributed by atoms with Gasteiger partial charge >= 0.3 is 0 Å². The third-order valence-electron chi connectivity index (χ3n) is 3.32. The first-order chi connectivity index (χ1) is 9.15. The van der Waals surface area contributed by atoms with Crippen molar-refractivity contribution in [3.05, 3.63) is 28.5 Å². The summed E-state index contributed by atoms with van der Waals surface area (Å²) in [5.41, 5.74) is 1.34. The molecule has 1 fully saturated rings. The molecule has 0 bridgehead atoms. The Hall–Kier alpha value is -1.13. The SMILES string of the molecule is Cc1cc(C(=O)NCCCN2CCCC2)cc(Cl)n1. The maximum atomic E-state index is 11.9. The van der Waals surface area contributed by atoms with Crippen molar-refractivity contribution >= 4 is 17.5 Å². The summed E-state index contributed by atoms with van der Waals surface area (Å²) in [4.78, 5) is 18.4. The van der Waals surface area contributed by atoms with Gasteiger partial charge < -0.3 is 10.2 Å².